The van der Waals surface area contributed by atoms with Gasteiger partial charge in [-0.15, -0.1) is 0 Å². The van der Waals surface area contributed by atoms with Crippen LogP contribution in [0.1, 0.15) is 0 Å². The summed E-state index contributed by atoms with van der Waals surface area (Å²) in [6, 6.07) is 14.7. The molecule has 5 nitrogen and oxygen atoms in total. The van der Waals surface area contributed by atoms with Crippen molar-refractivity contribution in [2.24, 2.45) is 0 Å². The Hall–Kier alpha value is -2.05. The zero-order valence-corrected chi connectivity index (χ0v) is 11.0. The van der Waals surface area contributed by atoms with Crippen molar-refractivity contribution in [1.29, 1.82) is 0 Å². The van der Waals surface area contributed by atoms with Gasteiger partial charge in [-0.3, -0.25) is 4.55 Å². The fourth-order valence-corrected chi connectivity index (χ4v) is 2.47. The molecule has 0 heterocycles. The van der Waals surface area contributed by atoms with Gasteiger partial charge in [0.1, 0.15) is 5.75 Å². The van der Waals surface area contributed by atoms with Crippen molar-refractivity contribution < 1.29 is 17.7 Å². The molecule has 0 saturated carbocycles. The number of hydrogen-bond acceptors (Lipinski definition) is 3. The van der Waals surface area contributed by atoms with Crippen LogP contribution in [0.25, 0.3) is 0 Å². The lowest BCUT2D eigenvalue weighted by Gasteiger charge is -2.20. The second-order valence-corrected chi connectivity index (χ2v) is 5.04. The Kier molecular flexibility index (Phi) is 3.73. The highest BCUT2D eigenvalue weighted by Gasteiger charge is 2.21. The first-order chi connectivity index (χ1) is 9.02. The van der Waals surface area contributed by atoms with Gasteiger partial charge in [0.05, 0.1) is 18.5 Å². The van der Waals surface area contributed by atoms with E-state index in [9.17, 15) is 13.0 Å². The summed E-state index contributed by atoms with van der Waals surface area (Å²) in [5, 5.41) is 0. The first-order valence-corrected chi connectivity index (χ1v) is 6.89. The third-order valence-electron chi connectivity index (χ3n) is 2.53. The van der Waals surface area contributed by atoms with Crippen molar-refractivity contribution in [3.63, 3.8) is 0 Å². The summed E-state index contributed by atoms with van der Waals surface area (Å²) in [6.07, 6.45) is 0. The Labute approximate surface area is 111 Å². The molecule has 2 aromatic carbocycles. The molecule has 0 atom stereocenters. The van der Waals surface area contributed by atoms with Gasteiger partial charge in [-0.1, -0.05) is 18.2 Å². The van der Waals surface area contributed by atoms with E-state index in [-0.39, 0.29) is 0 Å². The molecule has 0 unspecified atom stereocenters. The number of ether oxygens (including phenoxy) is 1. The summed E-state index contributed by atoms with van der Waals surface area (Å²) in [6.45, 7) is 0. The Morgan fingerprint density at radius 3 is 1.95 bits per heavy atom. The molecule has 0 fully saturated rings. The zero-order valence-electron chi connectivity index (χ0n) is 10.2. The predicted molar refractivity (Wildman–Crippen MR) is 73.1 cm³/mol. The molecule has 6 heteroatoms. The van der Waals surface area contributed by atoms with Gasteiger partial charge in [-0.2, -0.15) is 8.42 Å². The summed E-state index contributed by atoms with van der Waals surface area (Å²) in [5.41, 5.74) is 0.685. The maximum absolute atomic E-state index is 11.5. The highest BCUT2D eigenvalue weighted by molar-refractivity contribution is 7.87. The summed E-state index contributed by atoms with van der Waals surface area (Å²) in [7, 11) is -2.88. The van der Waals surface area contributed by atoms with Gasteiger partial charge in [0, 0.05) is 0 Å². The monoisotopic (exact) mass is 279 g/mol. The third-order valence-corrected chi connectivity index (χ3v) is 3.41. The minimum atomic E-state index is -4.40. The van der Waals surface area contributed by atoms with Gasteiger partial charge >= 0.3 is 10.3 Å². The zero-order chi connectivity index (χ0) is 13.9. The normalized spacial score (nSPS) is 11.1. The fourth-order valence-electron chi connectivity index (χ4n) is 1.70. The summed E-state index contributed by atoms with van der Waals surface area (Å²) >= 11 is 0. The minimum absolute atomic E-state index is 0.328. The van der Waals surface area contributed by atoms with Crippen LogP contribution in [-0.4, -0.2) is 20.1 Å². The number of rotatable bonds is 4. The van der Waals surface area contributed by atoms with Gasteiger partial charge in [0.2, 0.25) is 0 Å². The minimum Gasteiger partial charge on any atom is -0.497 e. The first kappa shape index (κ1) is 13.4. The number of nitrogens with zero attached hydrogens (tertiary/aromatic N) is 1. The van der Waals surface area contributed by atoms with Gasteiger partial charge in [-0.05, 0) is 36.4 Å². The molecule has 2 rings (SSSR count). The maximum atomic E-state index is 11.5. The van der Waals surface area contributed by atoms with Crippen LogP contribution in [-0.2, 0) is 10.3 Å². The molecule has 100 valence electrons. The number of hydrogen-bond donors (Lipinski definition) is 1. The van der Waals surface area contributed by atoms with Crippen LogP contribution < -0.4 is 9.04 Å². The molecule has 1 N–H and O–H groups in total. The molecule has 0 spiro atoms. The maximum Gasteiger partial charge on any atom is 0.364 e. The molecule has 0 bridgehead atoms. The summed E-state index contributed by atoms with van der Waals surface area (Å²) in [4.78, 5) is 0. The van der Waals surface area contributed by atoms with Crippen molar-refractivity contribution in [2.45, 2.75) is 0 Å². The SMILES string of the molecule is COc1ccc(N(c2ccccc2)S(=O)(=O)O)cc1. The van der Waals surface area contributed by atoms with E-state index in [0.717, 1.165) is 4.31 Å². The van der Waals surface area contributed by atoms with Gasteiger partial charge in [0.15, 0.2) is 0 Å². The van der Waals surface area contributed by atoms with Crippen molar-refractivity contribution in [1.82, 2.24) is 0 Å². The lowest BCUT2D eigenvalue weighted by Crippen LogP contribution is -2.24. The van der Waals surface area contributed by atoms with Crippen LogP contribution in [0.4, 0.5) is 11.4 Å². The largest absolute Gasteiger partial charge is 0.497 e. The quantitative estimate of drug-likeness (QED) is 0.874. The fraction of sp³-hybridized carbons (Fsp3) is 0.0769. The molecule has 0 saturated heterocycles. The van der Waals surface area contributed by atoms with Gasteiger partial charge in [-0.25, -0.2) is 4.31 Å². The van der Waals surface area contributed by atoms with E-state index in [1.165, 1.54) is 7.11 Å². The Balaban J connectivity index is 2.50. The van der Waals surface area contributed by atoms with Crippen molar-refractivity contribution in [3.05, 3.63) is 54.6 Å². The van der Waals surface area contributed by atoms with E-state index in [1.54, 1.807) is 54.6 Å². The molecule has 0 amide bonds. The number of benzene rings is 2. The molecular weight excluding hydrogens is 266 g/mol. The van der Waals surface area contributed by atoms with E-state index in [1.807, 2.05) is 0 Å². The van der Waals surface area contributed by atoms with Gasteiger partial charge in [0.25, 0.3) is 0 Å². The highest BCUT2D eigenvalue weighted by atomic mass is 32.2. The molecular formula is C13H13NO4S. The second kappa shape index (κ2) is 5.29. The third kappa shape index (κ3) is 3.04. The highest BCUT2D eigenvalue weighted by Crippen LogP contribution is 2.29. The first-order valence-electron chi connectivity index (χ1n) is 5.49. The van der Waals surface area contributed by atoms with Crippen molar-refractivity contribution in [2.75, 3.05) is 11.4 Å². The molecule has 0 aliphatic heterocycles. The van der Waals surface area contributed by atoms with E-state index < -0.39 is 10.3 Å². The van der Waals surface area contributed by atoms with E-state index in [0.29, 0.717) is 17.1 Å². The van der Waals surface area contributed by atoms with Crippen LogP contribution >= 0.6 is 0 Å². The molecule has 0 aromatic heterocycles. The van der Waals surface area contributed by atoms with E-state index in [4.69, 9.17) is 4.74 Å². The van der Waals surface area contributed by atoms with Crippen molar-refractivity contribution in [3.8, 4) is 5.75 Å². The summed E-state index contributed by atoms with van der Waals surface area (Å²) < 4.78 is 38.3. The average Bonchev–Trinajstić information content (AvgIpc) is 2.39. The standard InChI is InChI=1S/C13H13NO4S/c1-18-13-9-7-12(8-10-13)14(19(15,16)17)11-5-3-2-4-6-11/h2-10H,1H3,(H,15,16,17). The Morgan fingerprint density at radius 2 is 1.47 bits per heavy atom. The van der Waals surface area contributed by atoms with Crippen LogP contribution in [0.2, 0.25) is 0 Å². The molecule has 0 radical (unpaired) electrons. The van der Waals surface area contributed by atoms with Crippen molar-refractivity contribution >= 4 is 21.7 Å². The number of anilines is 2. The van der Waals surface area contributed by atoms with E-state index in [2.05, 4.69) is 0 Å². The lowest BCUT2D eigenvalue weighted by atomic mass is 10.2. The van der Waals surface area contributed by atoms with Gasteiger partial charge < -0.3 is 4.74 Å². The molecule has 0 aliphatic rings. The molecule has 0 aliphatic carbocycles. The topological polar surface area (TPSA) is 66.8 Å². The Bertz CT molecular complexity index is 638. The molecule has 19 heavy (non-hydrogen) atoms. The summed E-state index contributed by atoms with van der Waals surface area (Å²) in [5.74, 6) is 0.604. The number of methoxy groups -OCH3 is 1. The van der Waals surface area contributed by atoms with E-state index >= 15 is 0 Å². The average molecular weight is 279 g/mol. The predicted octanol–water partition coefficient (Wildman–Crippen LogP) is 2.64. The van der Waals surface area contributed by atoms with Crippen LogP contribution in [0, 0.1) is 0 Å². The smallest absolute Gasteiger partial charge is 0.364 e. The Morgan fingerprint density at radius 1 is 0.947 bits per heavy atom. The lowest BCUT2D eigenvalue weighted by molar-refractivity contribution is 0.415. The second-order valence-electron chi connectivity index (χ2n) is 3.78. The van der Waals surface area contributed by atoms with Crippen LogP contribution in [0.3, 0.4) is 0 Å². The number of para-hydroxylation sites is 1. The van der Waals surface area contributed by atoms with Crippen LogP contribution in [0.5, 0.6) is 5.75 Å². The molecule has 2 aromatic rings. The van der Waals surface area contributed by atoms with Crippen LogP contribution in [0.15, 0.2) is 54.6 Å².